The fourth-order valence-electron chi connectivity index (χ4n) is 3.37. The Balaban J connectivity index is 1.51. The molecule has 2 heterocycles. The highest BCUT2D eigenvalue weighted by molar-refractivity contribution is 5.77. The van der Waals surface area contributed by atoms with E-state index in [-0.39, 0.29) is 12.1 Å². The molecule has 0 radical (unpaired) electrons. The molecule has 0 aliphatic carbocycles. The van der Waals surface area contributed by atoms with Gasteiger partial charge in [-0.25, -0.2) is 4.79 Å². The van der Waals surface area contributed by atoms with E-state index in [2.05, 4.69) is 16.3 Å². The third-order valence-corrected chi connectivity index (χ3v) is 4.74. The van der Waals surface area contributed by atoms with Crippen LogP contribution in [0.3, 0.4) is 0 Å². The van der Waals surface area contributed by atoms with E-state index in [4.69, 9.17) is 14.7 Å². The van der Waals surface area contributed by atoms with E-state index in [1.165, 1.54) is 0 Å². The van der Waals surface area contributed by atoms with E-state index in [1.807, 2.05) is 7.05 Å². The average Bonchev–Trinajstić information content (AvgIpc) is 2.89. The summed E-state index contributed by atoms with van der Waals surface area (Å²) in [5, 5.41) is 11.9. The Hall–Kier alpha value is -2.46. The van der Waals surface area contributed by atoms with E-state index >= 15 is 0 Å². The molecule has 2 atom stereocenters. The predicted molar refractivity (Wildman–Crippen MR) is 88.1 cm³/mol. The highest BCUT2D eigenvalue weighted by Crippen LogP contribution is 2.28. The molecule has 0 aromatic heterocycles. The number of fused-ring (bicyclic) bond motifs is 1. The van der Waals surface area contributed by atoms with Gasteiger partial charge in [0.15, 0.2) is 11.5 Å². The monoisotopic (exact) mass is 330 g/mol. The van der Waals surface area contributed by atoms with Gasteiger partial charge in [-0.05, 0) is 18.6 Å². The second kappa shape index (κ2) is 6.97. The van der Waals surface area contributed by atoms with Crippen LogP contribution < -0.4 is 14.8 Å². The van der Waals surface area contributed by atoms with Crippen molar-refractivity contribution in [2.75, 3.05) is 40.4 Å². The lowest BCUT2D eigenvalue weighted by atomic mass is 10.0. The molecule has 3 rings (SSSR count). The number of nitriles is 1. The second-order valence-corrected chi connectivity index (χ2v) is 6.15. The summed E-state index contributed by atoms with van der Waals surface area (Å²) in [6, 6.07) is 7.74. The van der Waals surface area contributed by atoms with Gasteiger partial charge >= 0.3 is 6.03 Å². The Morgan fingerprint density at radius 2 is 2.25 bits per heavy atom. The number of likely N-dealkylation sites (N-methyl/N-ethyl adjacent to an activating group) is 1. The van der Waals surface area contributed by atoms with Crippen molar-refractivity contribution in [1.29, 1.82) is 5.26 Å². The lowest BCUT2D eigenvalue weighted by molar-refractivity contribution is 0.133. The molecule has 1 N–H and O–H groups in total. The number of likely N-dealkylation sites (tertiary alicyclic amines) is 1. The number of rotatable bonds is 5. The summed E-state index contributed by atoms with van der Waals surface area (Å²) >= 11 is 0. The number of nitrogens with one attached hydrogen (secondary N) is 1. The van der Waals surface area contributed by atoms with Crippen LogP contribution in [0.4, 0.5) is 4.79 Å². The van der Waals surface area contributed by atoms with Crippen molar-refractivity contribution < 1.29 is 14.3 Å². The van der Waals surface area contributed by atoms with Crippen molar-refractivity contribution in [3.63, 3.8) is 0 Å². The van der Waals surface area contributed by atoms with Crippen molar-refractivity contribution in [1.82, 2.24) is 15.1 Å². The molecule has 0 unspecified atom stereocenters. The smallest absolute Gasteiger partial charge is 0.317 e. The van der Waals surface area contributed by atoms with Crippen LogP contribution in [0.1, 0.15) is 12.0 Å². The molecule has 7 nitrogen and oxygen atoms in total. The summed E-state index contributed by atoms with van der Waals surface area (Å²) in [7, 11) is 3.42. The molecule has 2 aliphatic rings. The molecular formula is C17H22N4O3. The molecule has 2 aliphatic heterocycles. The van der Waals surface area contributed by atoms with Gasteiger partial charge in [-0.2, -0.15) is 5.26 Å². The first-order chi connectivity index (χ1) is 11.6. The minimum absolute atomic E-state index is 0.0189. The standard InChI is InChI=1S/C17H22N4O3/c1-20-14-5-6-21(11-13(14)19-17(20)22)7-8-24-15-4-3-12(10-18)9-16(15)23-2/h3-4,9,13-14H,5-8,11H2,1-2H3,(H,19,22)/t13-,14+/m1/s1. The van der Waals surface area contributed by atoms with Gasteiger partial charge in [0.05, 0.1) is 30.8 Å². The Bertz CT molecular complexity index is 658. The summed E-state index contributed by atoms with van der Waals surface area (Å²) < 4.78 is 11.1. The normalized spacial score (nSPS) is 23.4. The van der Waals surface area contributed by atoms with Crippen molar-refractivity contribution in [3.8, 4) is 17.6 Å². The van der Waals surface area contributed by atoms with E-state index in [0.29, 0.717) is 29.7 Å². The number of ether oxygens (including phenoxy) is 2. The topological polar surface area (TPSA) is 77.8 Å². The van der Waals surface area contributed by atoms with Gasteiger partial charge in [-0.1, -0.05) is 0 Å². The number of hydrogen-bond donors (Lipinski definition) is 1. The summed E-state index contributed by atoms with van der Waals surface area (Å²) in [6.07, 6.45) is 0.972. The van der Waals surface area contributed by atoms with Gasteiger partial charge < -0.3 is 19.7 Å². The fraction of sp³-hybridized carbons (Fsp3) is 0.529. The van der Waals surface area contributed by atoms with Gasteiger partial charge in [-0.15, -0.1) is 0 Å². The Kier molecular flexibility index (Phi) is 4.76. The first-order valence-corrected chi connectivity index (χ1v) is 8.09. The Morgan fingerprint density at radius 1 is 1.42 bits per heavy atom. The summed E-state index contributed by atoms with van der Waals surface area (Å²) in [4.78, 5) is 15.8. The van der Waals surface area contributed by atoms with E-state index < -0.39 is 0 Å². The van der Waals surface area contributed by atoms with Crippen LogP contribution in [0.5, 0.6) is 11.5 Å². The quantitative estimate of drug-likeness (QED) is 0.873. The molecule has 2 amide bonds. The number of methoxy groups -OCH3 is 1. The summed E-state index contributed by atoms with van der Waals surface area (Å²) in [5.41, 5.74) is 0.544. The minimum atomic E-state index is 0.0189. The van der Waals surface area contributed by atoms with Crippen molar-refractivity contribution in [2.45, 2.75) is 18.5 Å². The zero-order chi connectivity index (χ0) is 17.1. The van der Waals surface area contributed by atoms with Crippen LogP contribution in [0.25, 0.3) is 0 Å². The van der Waals surface area contributed by atoms with E-state index in [9.17, 15) is 4.79 Å². The van der Waals surface area contributed by atoms with Crippen molar-refractivity contribution >= 4 is 6.03 Å². The maximum atomic E-state index is 11.7. The average molecular weight is 330 g/mol. The maximum absolute atomic E-state index is 11.7. The number of carbonyl (C=O) groups excluding carboxylic acids is 1. The number of amides is 2. The maximum Gasteiger partial charge on any atom is 0.317 e. The van der Waals surface area contributed by atoms with Gasteiger partial charge in [0.25, 0.3) is 0 Å². The third kappa shape index (κ3) is 3.24. The molecule has 0 spiro atoms. The molecule has 2 saturated heterocycles. The zero-order valence-corrected chi connectivity index (χ0v) is 14.0. The molecule has 7 heteroatoms. The zero-order valence-electron chi connectivity index (χ0n) is 14.0. The SMILES string of the molecule is COc1cc(C#N)ccc1OCCN1CC[C@H]2[C@@H](C1)NC(=O)N2C. The van der Waals surface area contributed by atoms with Crippen LogP contribution in [0.2, 0.25) is 0 Å². The van der Waals surface area contributed by atoms with Crippen LogP contribution >= 0.6 is 0 Å². The highest BCUT2D eigenvalue weighted by Gasteiger charge is 2.40. The molecule has 1 aromatic rings. The first kappa shape index (κ1) is 16.4. The molecule has 0 saturated carbocycles. The highest BCUT2D eigenvalue weighted by atomic mass is 16.5. The van der Waals surface area contributed by atoms with E-state index in [0.717, 1.165) is 26.1 Å². The third-order valence-electron chi connectivity index (χ3n) is 4.74. The van der Waals surface area contributed by atoms with E-state index in [1.54, 1.807) is 30.2 Å². The van der Waals surface area contributed by atoms with Crippen molar-refractivity contribution in [2.24, 2.45) is 0 Å². The lowest BCUT2D eigenvalue weighted by Crippen LogP contribution is -2.51. The molecular weight excluding hydrogens is 308 g/mol. The fourth-order valence-corrected chi connectivity index (χ4v) is 3.37. The van der Waals surface area contributed by atoms with Crippen LogP contribution in [-0.2, 0) is 0 Å². The first-order valence-electron chi connectivity index (χ1n) is 8.09. The molecule has 0 bridgehead atoms. The molecule has 1 aromatic carbocycles. The largest absolute Gasteiger partial charge is 0.493 e. The molecule has 128 valence electrons. The Labute approximate surface area is 141 Å². The number of piperidine rings is 1. The van der Waals surface area contributed by atoms with Crippen LogP contribution in [-0.4, -0.2) is 68.3 Å². The lowest BCUT2D eigenvalue weighted by Gasteiger charge is -2.35. The molecule has 2 fully saturated rings. The minimum Gasteiger partial charge on any atom is -0.493 e. The number of hydrogen-bond acceptors (Lipinski definition) is 5. The molecule has 24 heavy (non-hydrogen) atoms. The summed E-state index contributed by atoms with van der Waals surface area (Å²) in [5.74, 6) is 1.21. The van der Waals surface area contributed by atoms with Gasteiger partial charge in [-0.3, -0.25) is 4.90 Å². The summed E-state index contributed by atoms with van der Waals surface area (Å²) in [6.45, 7) is 3.11. The Morgan fingerprint density at radius 3 is 3.00 bits per heavy atom. The van der Waals surface area contributed by atoms with Gasteiger partial charge in [0.1, 0.15) is 6.61 Å². The number of nitrogens with zero attached hydrogens (tertiary/aromatic N) is 3. The second-order valence-electron chi connectivity index (χ2n) is 6.15. The predicted octanol–water partition coefficient (Wildman–Crippen LogP) is 1.04. The number of benzene rings is 1. The number of urea groups is 1. The van der Waals surface area contributed by atoms with Gasteiger partial charge in [0.2, 0.25) is 0 Å². The van der Waals surface area contributed by atoms with Crippen LogP contribution in [0.15, 0.2) is 18.2 Å². The number of carbonyl (C=O) groups is 1. The van der Waals surface area contributed by atoms with Gasteiger partial charge in [0, 0.05) is 32.7 Å². The van der Waals surface area contributed by atoms with Crippen molar-refractivity contribution in [3.05, 3.63) is 23.8 Å². The van der Waals surface area contributed by atoms with Crippen LogP contribution in [0, 0.1) is 11.3 Å².